The topological polar surface area (TPSA) is 52.9 Å². The van der Waals surface area contributed by atoms with Gasteiger partial charge in [-0.25, -0.2) is 0 Å². The molecule has 0 bridgehead atoms. The van der Waals surface area contributed by atoms with E-state index in [1.165, 1.54) is 17.3 Å². The van der Waals surface area contributed by atoms with Crippen molar-refractivity contribution < 1.29 is 4.79 Å². The van der Waals surface area contributed by atoms with Crippen LogP contribution in [-0.2, 0) is 4.79 Å². The number of aryl methyl sites for hydroxylation is 1. The van der Waals surface area contributed by atoms with Gasteiger partial charge in [-0.2, -0.15) is 5.26 Å². The third-order valence-corrected chi connectivity index (χ3v) is 4.19. The highest BCUT2D eigenvalue weighted by Crippen LogP contribution is 2.19. The van der Waals surface area contributed by atoms with Gasteiger partial charge in [0, 0.05) is 4.90 Å². The molecule has 102 valence electrons. The lowest BCUT2D eigenvalue weighted by Gasteiger charge is -2.27. The molecule has 19 heavy (non-hydrogen) atoms. The van der Waals surface area contributed by atoms with Gasteiger partial charge in [-0.05, 0) is 31.9 Å². The van der Waals surface area contributed by atoms with Gasteiger partial charge in [0.1, 0.15) is 5.54 Å². The van der Waals surface area contributed by atoms with Crippen LogP contribution in [-0.4, -0.2) is 17.2 Å². The molecule has 0 saturated carbocycles. The van der Waals surface area contributed by atoms with Crippen LogP contribution in [0.1, 0.15) is 26.3 Å². The molecule has 0 aliphatic carbocycles. The van der Waals surface area contributed by atoms with E-state index in [-0.39, 0.29) is 11.8 Å². The van der Waals surface area contributed by atoms with E-state index in [1.807, 2.05) is 45.0 Å². The van der Waals surface area contributed by atoms with Gasteiger partial charge in [-0.15, -0.1) is 11.8 Å². The molecule has 1 aromatic rings. The van der Waals surface area contributed by atoms with Crippen LogP contribution in [0.4, 0.5) is 0 Å². The summed E-state index contributed by atoms with van der Waals surface area (Å²) in [6, 6.07) is 10.2. The summed E-state index contributed by atoms with van der Waals surface area (Å²) in [6.45, 7) is 7.64. The van der Waals surface area contributed by atoms with Crippen molar-refractivity contribution in [2.45, 2.75) is 38.1 Å². The molecule has 1 amide bonds. The first-order valence-electron chi connectivity index (χ1n) is 6.29. The molecule has 0 unspecified atom stereocenters. The lowest BCUT2D eigenvalue weighted by atomic mass is 9.90. The van der Waals surface area contributed by atoms with Gasteiger partial charge >= 0.3 is 0 Å². The number of nitrogens with one attached hydrogen (secondary N) is 1. The predicted molar refractivity (Wildman–Crippen MR) is 78.9 cm³/mol. The molecule has 0 aliphatic heterocycles. The Kier molecular flexibility index (Phi) is 5.44. The molecule has 0 heterocycles. The summed E-state index contributed by atoms with van der Waals surface area (Å²) in [4.78, 5) is 12.9. The maximum absolute atomic E-state index is 11.9. The first kappa shape index (κ1) is 15.6. The van der Waals surface area contributed by atoms with E-state index < -0.39 is 5.54 Å². The minimum atomic E-state index is -0.801. The lowest BCUT2D eigenvalue weighted by molar-refractivity contribution is -0.120. The summed E-state index contributed by atoms with van der Waals surface area (Å²) in [5, 5.41) is 12.0. The van der Waals surface area contributed by atoms with Crippen molar-refractivity contribution in [2.75, 3.05) is 5.75 Å². The average Bonchev–Trinajstić information content (AvgIpc) is 2.37. The van der Waals surface area contributed by atoms with Gasteiger partial charge in [-0.3, -0.25) is 4.79 Å². The van der Waals surface area contributed by atoms with E-state index in [0.29, 0.717) is 5.75 Å². The van der Waals surface area contributed by atoms with Crippen molar-refractivity contribution in [1.82, 2.24) is 5.32 Å². The van der Waals surface area contributed by atoms with E-state index in [1.54, 1.807) is 6.92 Å². The van der Waals surface area contributed by atoms with Crippen LogP contribution in [0.25, 0.3) is 0 Å². The SMILES string of the molecule is Cc1ccc(SCC(=O)N[C@](C)(C#N)C(C)C)cc1. The van der Waals surface area contributed by atoms with Crippen LogP contribution in [0.5, 0.6) is 0 Å². The lowest BCUT2D eigenvalue weighted by Crippen LogP contribution is -2.49. The maximum Gasteiger partial charge on any atom is 0.231 e. The smallest absolute Gasteiger partial charge is 0.231 e. The second-order valence-electron chi connectivity index (χ2n) is 5.12. The number of carbonyl (C=O) groups is 1. The zero-order valence-corrected chi connectivity index (χ0v) is 12.7. The third kappa shape index (κ3) is 4.60. The fourth-order valence-corrected chi connectivity index (χ4v) is 2.11. The van der Waals surface area contributed by atoms with Gasteiger partial charge in [0.25, 0.3) is 0 Å². The fourth-order valence-electron chi connectivity index (χ4n) is 1.41. The number of nitriles is 1. The Balaban J connectivity index is 2.53. The number of hydrogen-bond acceptors (Lipinski definition) is 3. The van der Waals surface area contributed by atoms with Gasteiger partial charge in [-0.1, -0.05) is 31.5 Å². The Morgan fingerprint density at radius 3 is 2.47 bits per heavy atom. The summed E-state index contributed by atoms with van der Waals surface area (Å²) in [6.07, 6.45) is 0. The Hall–Kier alpha value is -1.47. The van der Waals surface area contributed by atoms with Crippen molar-refractivity contribution in [2.24, 2.45) is 5.92 Å². The molecule has 1 atom stereocenters. The minimum Gasteiger partial charge on any atom is -0.337 e. The average molecular weight is 276 g/mol. The number of carbonyl (C=O) groups excluding carboxylic acids is 1. The predicted octanol–water partition coefficient (Wildman–Crippen LogP) is 3.14. The van der Waals surface area contributed by atoms with Crippen molar-refractivity contribution in [1.29, 1.82) is 5.26 Å². The molecular weight excluding hydrogens is 256 g/mol. The summed E-state index contributed by atoms with van der Waals surface area (Å²) in [5.41, 5.74) is 0.399. The molecule has 0 saturated heterocycles. The highest BCUT2D eigenvalue weighted by atomic mass is 32.2. The van der Waals surface area contributed by atoms with E-state index in [9.17, 15) is 4.79 Å². The maximum atomic E-state index is 11.9. The molecule has 3 nitrogen and oxygen atoms in total. The molecule has 1 N–H and O–H groups in total. The van der Waals surface area contributed by atoms with E-state index >= 15 is 0 Å². The summed E-state index contributed by atoms with van der Waals surface area (Å²) >= 11 is 1.48. The molecule has 0 radical (unpaired) electrons. The second-order valence-corrected chi connectivity index (χ2v) is 6.17. The molecule has 0 aromatic heterocycles. The first-order chi connectivity index (χ1) is 8.87. The number of benzene rings is 1. The van der Waals surface area contributed by atoms with E-state index in [4.69, 9.17) is 5.26 Å². The summed E-state index contributed by atoms with van der Waals surface area (Å²) < 4.78 is 0. The number of thioether (sulfide) groups is 1. The van der Waals surface area contributed by atoms with Crippen molar-refractivity contribution in [3.8, 4) is 6.07 Å². The zero-order chi connectivity index (χ0) is 14.5. The molecular formula is C15H20N2OS. The molecule has 0 fully saturated rings. The van der Waals surface area contributed by atoms with Crippen LogP contribution in [0.15, 0.2) is 29.2 Å². The highest BCUT2D eigenvalue weighted by molar-refractivity contribution is 8.00. The number of hydrogen-bond donors (Lipinski definition) is 1. The third-order valence-electron chi connectivity index (χ3n) is 3.18. The number of nitrogens with zero attached hydrogens (tertiary/aromatic N) is 1. The van der Waals surface area contributed by atoms with Crippen LogP contribution in [0, 0.1) is 24.2 Å². The van der Waals surface area contributed by atoms with Crippen LogP contribution in [0.3, 0.4) is 0 Å². The summed E-state index contributed by atoms with van der Waals surface area (Å²) in [7, 11) is 0. The number of amides is 1. The largest absolute Gasteiger partial charge is 0.337 e. The number of rotatable bonds is 5. The molecule has 1 aromatic carbocycles. The standard InChI is InChI=1S/C15H20N2OS/c1-11(2)15(4,10-16)17-14(18)9-19-13-7-5-12(3)6-8-13/h5-8,11H,9H2,1-4H3,(H,17,18)/t15-/m1/s1. The minimum absolute atomic E-state index is 0.0748. The quantitative estimate of drug-likeness (QED) is 0.841. The van der Waals surface area contributed by atoms with Crippen molar-refractivity contribution in [3.63, 3.8) is 0 Å². The Morgan fingerprint density at radius 2 is 2.00 bits per heavy atom. The zero-order valence-electron chi connectivity index (χ0n) is 11.9. The van der Waals surface area contributed by atoms with Gasteiger partial charge in [0.15, 0.2) is 0 Å². The monoisotopic (exact) mass is 276 g/mol. The van der Waals surface area contributed by atoms with Crippen LogP contribution in [0.2, 0.25) is 0 Å². The van der Waals surface area contributed by atoms with Crippen LogP contribution >= 0.6 is 11.8 Å². The van der Waals surface area contributed by atoms with E-state index in [0.717, 1.165) is 4.90 Å². The van der Waals surface area contributed by atoms with Crippen molar-refractivity contribution in [3.05, 3.63) is 29.8 Å². The molecule has 4 heteroatoms. The second kappa shape index (κ2) is 6.63. The van der Waals surface area contributed by atoms with Gasteiger partial charge in [0.2, 0.25) is 5.91 Å². The highest BCUT2D eigenvalue weighted by Gasteiger charge is 2.29. The molecule has 1 rings (SSSR count). The Morgan fingerprint density at radius 1 is 1.42 bits per heavy atom. The van der Waals surface area contributed by atoms with E-state index in [2.05, 4.69) is 11.4 Å². The van der Waals surface area contributed by atoms with Crippen LogP contribution < -0.4 is 5.32 Å². The summed E-state index contributed by atoms with van der Waals surface area (Å²) in [5.74, 6) is 0.293. The Bertz CT molecular complexity index is 476. The van der Waals surface area contributed by atoms with Gasteiger partial charge < -0.3 is 5.32 Å². The van der Waals surface area contributed by atoms with Gasteiger partial charge in [0.05, 0.1) is 11.8 Å². The Labute approximate surface area is 119 Å². The van der Waals surface area contributed by atoms with Crippen molar-refractivity contribution >= 4 is 17.7 Å². The first-order valence-corrected chi connectivity index (χ1v) is 7.27. The fraction of sp³-hybridized carbons (Fsp3) is 0.467. The molecule has 0 aliphatic rings. The normalized spacial score (nSPS) is 13.7. The molecule has 0 spiro atoms.